The van der Waals surface area contributed by atoms with E-state index in [1.54, 1.807) is 0 Å². The maximum Gasteiger partial charge on any atom is 0.573 e. The van der Waals surface area contributed by atoms with Crippen molar-refractivity contribution in [1.82, 2.24) is 5.32 Å². The van der Waals surface area contributed by atoms with Gasteiger partial charge in [0.2, 0.25) is 5.91 Å². The van der Waals surface area contributed by atoms with Gasteiger partial charge in [-0.1, -0.05) is 23.7 Å². The van der Waals surface area contributed by atoms with Crippen molar-refractivity contribution < 1.29 is 31.1 Å². The van der Waals surface area contributed by atoms with Crippen LogP contribution in [0.3, 0.4) is 0 Å². The van der Waals surface area contributed by atoms with Crippen molar-refractivity contribution in [1.29, 1.82) is 0 Å². The van der Waals surface area contributed by atoms with E-state index in [1.165, 1.54) is 36.4 Å². The third kappa shape index (κ3) is 7.10. The molecule has 0 spiro atoms. The molecule has 1 amide bonds. The van der Waals surface area contributed by atoms with Gasteiger partial charge in [-0.15, -0.1) is 13.2 Å². The van der Waals surface area contributed by atoms with E-state index in [4.69, 9.17) is 11.6 Å². The summed E-state index contributed by atoms with van der Waals surface area (Å²) in [7, 11) is -3.62. The Morgan fingerprint density at radius 1 is 1.04 bits per heavy atom. The zero-order chi connectivity index (χ0) is 20.1. The average Bonchev–Trinajstić information content (AvgIpc) is 2.58. The lowest BCUT2D eigenvalue weighted by atomic mass is 10.2. The zero-order valence-electron chi connectivity index (χ0n) is 13.8. The van der Waals surface area contributed by atoms with Crippen LogP contribution >= 0.6 is 11.6 Å². The van der Waals surface area contributed by atoms with Crippen LogP contribution in [0.1, 0.15) is 12.0 Å². The van der Waals surface area contributed by atoms with E-state index in [9.17, 15) is 26.4 Å². The summed E-state index contributed by atoms with van der Waals surface area (Å²) >= 11 is 5.71. The van der Waals surface area contributed by atoms with Crippen molar-refractivity contribution in [2.24, 2.45) is 0 Å². The smallest absolute Gasteiger partial charge is 0.406 e. The third-order valence-corrected chi connectivity index (χ3v) is 5.40. The molecule has 0 aromatic heterocycles. The van der Waals surface area contributed by atoms with E-state index in [0.717, 1.165) is 12.1 Å². The van der Waals surface area contributed by atoms with Crippen molar-refractivity contribution in [3.05, 3.63) is 59.1 Å². The molecule has 0 atom stereocenters. The Hall–Kier alpha value is -2.26. The molecule has 0 heterocycles. The maximum atomic E-state index is 12.1. The standard InChI is InChI=1S/C17H15ClF3NO4S/c18-13-3-7-15(8-4-13)27(24,25)10-9-16(23)22-11-12-1-5-14(6-2-12)26-17(19,20)21/h1-8H,9-11H2,(H,22,23). The second-order valence-electron chi connectivity index (χ2n) is 5.49. The van der Waals surface area contributed by atoms with Gasteiger partial charge >= 0.3 is 6.36 Å². The molecule has 0 saturated carbocycles. The van der Waals surface area contributed by atoms with Crippen LogP contribution in [0.15, 0.2) is 53.4 Å². The quantitative estimate of drug-likeness (QED) is 0.739. The van der Waals surface area contributed by atoms with Crippen molar-refractivity contribution in [2.75, 3.05) is 5.75 Å². The van der Waals surface area contributed by atoms with Crippen LogP contribution in [0.4, 0.5) is 13.2 Å². The number of rotatable bonds is 7. The van der Waals surface area contributed by atoms with Crippen LogP contribution in [-0.2, 0) is 21.2 Å². The molecule has 0 fully saturated rings. The van der Waals surface area contributed by atoms with Crippen LogP contribution < -0.4 is 10.1 Å². The van der Waals surface area contributed by atoms with E-state index in [2.05, 4.69) is 10.1 Å². The number of nitrogens with one attached hydrogen (secondary N) is 1. The van der Waals surface area contributed by atoms with E-state index in [0.29, 0.717) is 10.6 Å². The summed E-state index contributed by atoms with van der Waals surface area (Å²) in [5.41, 5.74) is 0.540. The average molecular weight is 422 g/mol. The van der Waals surface area contributed by atoms with Gasteiger partial charge in [-0.05, 0) is 42.0 Å². The van der Waals surface area contributed by atoms with Gasteiger partial charge < -0.3 is 10.1 Å². The molecule has 0 aliphatic heterocycles. The summed E-state index contributed by atoms with van der Waals surface area (Å²) in [6.45, 7) is 0.0477. The second kappa shape index (κ2) is 8.62. The van der Waals surface area contributed by atoms with Gasteiger partial charge in [-0.25, -0.2) is 8.42 Å². The Morgan fingerprint density at radius 2 is 1.63 bits per heavy atom. The lowest BCUT2D eigenvalue weighted by Gasteiger charge is -2.10. The van der Waals surface area contributed by atoms with Gasteiger partial charge in [0.1, 0.15) is 5.75 Å². The Morgan fingerprint density at radius 3 is 2.19 bits per heavy atom. The minimum atomic E-state index is -4.77. The van der Waals surface area contributed by atoms with Gasteiger partial charge in [-0.2, -0.15) is 0 Å². The van der Waals surface area contributed by atoms with Crippen LogP contribution in [-0.4, -0.2) is 26.4 Å². The highest BCUT2D eigenvalue weighted by atomic mass is 35.5. The first-order chi connectivity index (χ1) is 12.5. The normalized spacial score (nSPS) is 11.9. The summed E-state index contributed by atoms with van der Waals surface area (Å²) in [5, 5.41) is 2.91. The minimum Gasteiger partial charge on any atom is -0.406 e. The summed E-state index contributed by atoms with van der Waals surface area (Å²) in [4.78, 5) is 11.9. The number of hydrogen-bond acceptors (Lipinski definition) is 4. The number of ether oxygens (including phenoxy) is 1. The molecule has 10 heteroatoms. The lowest BCUT2D eigenvalue weighted by Crippen LogP contribution is -2.25. The van der Waals surface area contributed by atoms with Crippen molar-refractivity contribution in [3.8, 4) is 5.75 Å². The molecule has 0 unspecified atom stereocenters. The fourth-order valence-electron chi connectivity index (χ4n) is 2.08. The SMILES string of the molecule is O=C(CCS(=O)(=O)c1ccc(Cl)cc1)NCc1ccc(OC(F)(F)F)cc1. The predicted octanol–water partition coefficient (Wildman–Crippen LogP) is 3.72. The lowest BCUT2D eigenvalue weighted by molar-refractivity contribution is -0.274. The van der Waals surface area contributed by atoms with Crippen molar-refractivity contribution >= 4 is 27.3 Å². The van der Waals surface area contributed by atoms with Gasteiger partial charge in [0.15, 0.2) is 9.84 Å². The first-order valence-corrected chi connectivity index (χ1v) is 9.68. The number of alkyl halides is 3. The maximum absolute atomic E-state index is 12.1. The molecular weight excluding hydrogens is 407 g/mol. The van der Waals surface area contributed by atoms with E-state index >= 15 is 0 Å². The van der Waals surface area contributed by atoms with Gasteiger partial charge in [-0.3, -0.25) is 4.79 Å². The Bertz CT molecular complexity index is 882. The first-order valence-electron chi connectivity index (χ1n) is 7.65. The summed E-state index contributed by atoms with van der Waals surface area (Å²) in [5.74, 6) is -1.24. The number of hydrogen-bond donors (Lipinski definition) is 1. The number of halogens is 4. The van der Waals surface area contributed by atoms with Gasteiger partial charge in [0.05, 0.1) is 10.6 Å². The van der Waals surface area contributed by atoms with Crippen molar-refractivity contribution in [3.63, 3.8) is 0 Å². The Balaban J connectivity index is 1.83. The number of carbonyl (C=O) groups excluding carboxylic acids is 1. The second-order valence-corrected chi connectivity index (χ2v) is 8.04. The summed E-state index contributed by atoms with van der Waals surface area (Å²) in [6.07, 6.45) is -5.02. The van der Waals surface area contributed by atoms with Crippen LogP contribution in [0.5, 0.6) is 5.75 Å². The number of carbonyl (C=O) groups is 1. The largest absolute Gasteiger partial charge is 0.573 e. The number of sulfone groups is 1. The van der Waals surface area contributed by atoms with Crippen molar-refractivity contribution in [2.45, 2.75) is 24.2 Å². The molecule has 0 radical (unpaired) electrons. The zero-order valence-corrected chi connectivity index (χ0v) is 15.4. The third-order valence-electron chi connectivity index (χ3n) is 3.42. The topological polar surface area (TPSA) is 72.5 Å². The van der Waals surface area contributed by atoms with Gasteiger partial charge in [0.25, 0.3) is 0 Å². The molecule has 0 saturated heterocycles. The summed E-state index contributed by atoms with van der Waals surface area (Å²) < 4.78 is 64.3. The highest BCUT2D eigenvalue weighted by Crippen LogP contribution is 2.22. The van der Waals surface area contributed by atoms with Gasteiger partial charge in [0, 0.05) is 18.0 Å². The molecule has 2 aromatic carbocycles. The van der Waals surface area contributed by atoms with E-state index in [-0.39, 0.29) is 29.4 Å². The predicted molar refractivity (Wildman–Crippen MR) is 93.1 cm³/mol. The monoisotopic (exact) mass is 421 g/mol. The Labute approximate surface area is 159 Å². The molecule has 2 aromatic rings. The van der Waals surface area contributed by atoms with Crippen LogP contribution in [0, 0.1) is 0 Å². The highest BCUT2D eigenvalue weighted by Gasteiger charge is 2.30. The molecule has 5 nitrogen and oxygen atoms in total. The number of amides is 1. The minimum absolute atomic E-state index is 0.0477. The molecule has 2 rings (SSSR count). The van der Waals surface area contributed by atoms with E-state index in [1.807, 2.05) is 0 Å². The van der Waals surface area contributed by atoms with Crippen LogP contribution in [0.2, 0.25) is 5.02 Å². The number of benzene rings is 2. The highest BCUT2D eigenvalue weighted by molar-refractivity contribution is 7.91. The fraction of sp³-hybridized carbons (Fsp3) is 0.235. The molecule has 146 valence electrons. The fourth-order valence-corrected chi connectivity index (χ4v) is 3.45. The molecule has 27 heavy (non-hydrogen) atoms. The van der Waals surface area contributed by atoms with E-state index < -0.39 is 22.1 Å². The molecular formula is C17H15ClF3NO4S. The molecule has 1 N–H and O–H groups in total. The molecule has 0 bridgehead atoms. The summed E-state index contributed by atoms with van der Waals surface area (Å²) in [6, 6.07) is 10.6. The Kier molecular flexibility index (Phi) is 6.72. The molecule has 0 aliphatic rings. The first kappa shape index (κ1) is 21.0. The van der Waals surface area contributed by atoms with Crippen LogP contribution in [0.25, 0.3) is 0 Å². The molecule has 0 aliphatic carbocycles.